The highest BCUT2D eigenvalue weighted by atomic mass is 16.4. The van der Waals surface area contributed by atoms with E-state index in [1.807, 2.05) is 0 Å². The van der Waals surface area contributed by atoms with E-state index in [9.17, 15) is 9.59 Å². The van der Waals surface area contributed by atoms with Gasteiger partial charge in [-0.1, -0.05) is 27.2 Å². The molecule has 0 aromatic heterocycles. The topological polar surface area (TPSA) is 98.4 Å². The minimum atomic E-state index is -1.85. The van der Waals surface area contributed by atoms with E-state index >= 15 is 0 Å². The minimum absolute atomic E-state index is 0.188. The zero-order chi connectivity index (χ0) is 12.9. The van der Waals surface area contributed by atoms with Crippen LogP contribution in [0.5, 0.6) is 0 Å². The lowest BCUT2D eigenvalue weighted by atomic mass is 9.67. The maximum atomic E-state index is 11.2. The van der Waals surface area contributed by atoms with Gasteiger partial charge in [0.1, 0.15) is 0 Å². The van der Waals surface area contributed by atoms with Crippen molar-refractivity contribution in [2.24, 2.45) is 17.3 Å². The van der Waals surface area contributed by atoms with Gasteiger partial charge in [-0.25, -0.2) is 0 Å². The van der Waals surface area contributed by atoms with Gasteiger partial charge in [0.15, 0.2) is 5.41 Å². The number of carbonyl (C=O) groups is 2. The number of aliphatic carboxylic acids is 2. The smallest absolute Gasteiger partial charge is 0.325 e. The quantitative estimate of drug-likeness (QED) is 0.720. The van der Waals surface area contributed by atoms with Crippen molar-refractivity contribution in [3.63, 3.8) is 0 Å². The number of hydrogen-bond donors (Lipinski definition) is 2. The van der Waals surface area contributed by atoms with Crippen molar-refractivity contribution in [2.75, 3.05) is 0 Å². The van der Waals surface area contributed by atoms with E-state index in [-0.39, 0.29) is 6.42 Å². The molecular weight excluding hydrogens is 210 g/mol. The van der Waals surface area contributed by atoms with Crippen LogP contribution in [0.1, 0.15) is 33.6 Å². The van der Waals surface area contributed by atoms with E-state index in [0.717, 1.165) is 0 Å². The second kappa shape index (κ2) is 5.50. The van der Waals surface area contributed by atoms with Gasteiger partial charge in [0.2, 0.25) is 0 Å². The SMILES string of the molecule is CCCC(C(=O)O)C(C#N)(C(=O)O)C(C)C. The first-order chi connectivity index (χ1) is 7.34. The second-order valence-electron chi connectivity index (χ2n) is 4.12. The van der Waals surface area contributed by atoms with E-state index < -0.39 is 29.2 Å². The maximum Gasteiger partial charge on any atom is 0.325 e. The van der Waals surface area contributed by atoms with E-state index in [1.54, 1.807) is 26.8 Å². The van der Waals surface area contributed by atoms with Crippen LogP contribution in [0.2, 0.25) is 0 Å². The summed E-state index contributed by atoms with van der Waals surface area (Å²) in [6.07, 6.45) is 0.716. The number of hydrogen-bond acceptors (Lipinski definition) is 3. The molecule has 0 aromatic carbocycles. The number of carboxylic acid groups (broad SMARTS) is 2. The fraction of sp³-hybridized carbons (Fsp3) is 0.727. The molecule has 90 valence electrons. The van der Waals surface area contributed by atoms with Gasteiger partial charge < -0.3 is 10.2 Å². The average Bonchev–Trinajstić information content (AvgIpc) is 2.16. The first kappa shape index (κ1) is 14.4. The molecule has 0 aromatic rings. The Balaban J connectivity index is 5.54. The van der Waals surface area contributed by atoms with Gasteiger partial charge >= 0.3 is 11.9 Å². The molecule has 0 heterocycles. The van der Waals surface area contributed by atoms with Gasteiger partial charge in [0.05, 0.1) is 12.0 Å². The first-order valence-corrected chi connectivity index (χ1v) is 5.22. The highest BCUT2D eigenvalue weighted by Crippen LogP contribution is 2.38. The summed E-state index contributed by atoms with van der Waals surface area (Å²) < 4.78 is 0. The summed E-state index contributed by atoms with van der Waals surface area (Å²) in [6, 6.07) is 1.70. The third-order valence-corrected chi connectivity index (χ3v) is 2.87. The van der Waals surface area contributed by atoms with Crippen LogP contribution < -0.4 is 0 Å². The van der Waals surface area contributed by atoms with Crippen LogP contribution >= 0.6 is 0 Å². The van der Waals surface area contributed by atoms with E-state index in [2.05, 4.69) is 0 Å². The molecule has 0 radical (unpaired) electrons. The van der Waals surface area contributed by atoms with Crippen LogP contribution in [0.25, 0.3) is 0 Å². The molecule has 2 N–H and O–H groups in total. The highest BCUT2D eigenvalue weighted by Gasteiger charge is 2.52. The summed E-state index contributed by atoms with van der Waals surface area (Å²) in [7, 11) is 0. The lowest BCUT2D eigenvalue weighted by molar-refractivity contribution is -0.161. The zero-order valence-corrected chi connectivity index (χ0v) is 9.73. The van der Waals surface area contributed by atoms with Gasteiger partial charge in [-0.2, -0.15) is 5.26 Å². The molecule has 5 heteroatoms. The maximum absolute atomic E-state index is 11.2. The molecule has 5 nitrogen and oxygen atoms in total. The van der Waals surface area contributed by atoms with Gasteiger partial charge in [0, 0.05) is 0 Å². The van der Waals surface area contributed by atoms with Crippen LogP contribution in [0.15, 0.2) is 0 Å². The number of nitriles is 1. The zero-order valence-electron chi connectivity index (χ0n) is 9.73. The molecule has 0 aliphatic rings. The van der Waals surface area contributed by atoms with Crippen molar-refractivity contribution >= 4 is 11.9 Å². The average molecular weight is 227 g/mol. The fourth-order valence-electron chi connectivity index (χ4n) is 1.89. The predicted octanol–water partition coefficient (Wildman–Crippen LogP) is 1.74. The van der Waals surface area contributed by atoms with Gasteiger partial charge in [-0.05, 0) is 12.3 Å². The highest BCUT2D eigenvalue weighted by molar-refractivity contribution is 5.86. The summed E-state index contributed by atoms with van der Waals surface area (Å²) in [5.74, 6) is -4.30. The van der Waals surface area contributed by atoms with Crippen molar-refractivity contribution in [1.29, 1.82) is 5.26 Å². The monoisotopic (exact) mass is 227 g/mol. The summed E-state index contributed by atoms with van der Waals surface area (Å²) in [5.41, 5.74) is -1.85. The van der Waals surface area contributed by atoms with E-state index in [0.29, 0.717) is 6.42 Å². The van der Waals surface area contributed by atoms with Crippen molar-refractivity contribution in [1.82, 2.24) is 0 Å². The van der Waals surface area contributed by atoms with Crippen LogP contribution in [-0.4, -0.2) is 22.2 Å². The summed E-state index contributed by atoms with van der Waals surface area (Å²) >= 11 is 0. The summed E-state index contributed by atoms with van der Waals surface area (Å²) in [4.78, 5) is 22.3. The van der Waals surface area contributed by atoms with Crippen molar-refractivity contribution < 1.29 is 19.8 Å². The number of carboxylic acids is 2. The molecule has 0 spiro atoms. The Kier molecular flexibility index (Phi) is 4.96. The first-order valence-electron chi connectivity index (χ1n) is 5.22. The Bertz CT molecular complexity index is 318. The van der Waals surface area contributed by atoms with Crippen LogP contribution in [0.3, 0.4) is 0 Å². The number of rotatable bonds is 6. The molecular formula is C11H17NO4. The molecule has 0 aliphatic carbocycles. The van der Waals surface area contributed by atoms with Gasteiger partial charge in [0.25, 0.3) is 0 Å². The molecule has 0 saturated heterocycles. The molecule has 16 heavy (non-hydrogen) atoms. The third kappa shape index (κ3) is 2.32. The predicted molar refractivity (Wildman–Crippen MR) is 56.6 cm³/mol. The molecule has 0 rings (SSSR count). The molecule has 0 fully saturated rings. The van der Waals surface area contributed by atoms with Crippen molar-refractivity contribution in [3.05, 3.63) is 0 Å². The molecule has 0 bridgehead atoms. The summed E-state index contributed by atoms with van der Waals surface area (Å²) in [5, 5.41) is 27.3. The normalized spacial score (nSPS) is 16.2. The lowest BCUT2D eigenvalue weighted by Crippen LogP contribution is -2.45. The van der Waals surface area contributed by atoms with Crippen molar-refractivity contribution in [2.45, 2.75) is 33.6 Å². The third-order valence-electron chi connectivity index (χ3n) is 2.87. The fourth-order valence-corrected chi connectivity index (χ4v) is 1.89. The summed E-state index contributed by atoms with van der Waals surface area (Å²) in [6.45, 7) is 4.88. The van der Waals surface area contributed by atoms with E-state index in [1.165, 1.54) is 0 Å². The Morgan fingerprint density at radius 2 is 1.88 bits per heavy atom. The van der Waals surface area contributed by atoms with Crippen molar-refractivity contribution in [3.8, 4) is 6.07 Å². The Labute approximate surface area is 94.7 Å². The Morgan fingerprint density at radius 1 is 1.38 bits per heavy atom. The second-order valence-corrected chi connectivity index (χ2v) is 4.12. The Morgan fingerprint density at radius 3 is 2.06 bits per heavy atom. The minimum Gasteiger partial charge on any atom is -0.481 e. The molecule has 0 amide bonds. The molecule has 2 atom stereocenters. The molecule has 0 saturated carbocycles. The lowest BCUT2D eigenvalue weighted by Gasteiger charge is -2.31. The van der Waals surface area contributed by atoms with E-state index in [4.69, 9.17) is 15.5 Å². The molecule has 0 aliphatic heterocycles. The largest absolute Gasteiger partial charge is 0.481 e. The Hall–Kier alpha value is -1.57. The van der Waals surface area contributed by atoms with Gasteiger partial charge in [-0.3, -0.25) is 9.59 Å². The standard InChI is InChI=1S/C11H17NO4/c1-4-5-8(9(13)14)11(6-12,7(2)3)10(15)16/h7-8H,4-5H2,1-3H3,(H,13,14)(H,15,16). The van der Waals surface area contributed by atoms with Gasteiger partial charge in [-0.15, -0.1) is 0 Å². The van der Waals surface area contributed by atoms with Crippen LogP contribution in [0.4, 0.5) is 0 Å². The van der Waals surface area contributed by atoms with Crippen LogP contribution in [-0.2, 0) is 9.59 Å². The number of nitrogens with zero attached hydrogens (tertiary/aromatic N) is 1. The molecule has 2 unspecified atom stereocenters. The van der Waals surface area contributed by atoms with Crippen LogP contribution in [0, 0.1) is 28.6 Å².